The number of benzene rings is 2. The van der Waals surface area contributed by atoms with Crippen LogP contribution < -0.4 is 15.4 Å². The Labute approximate surface area is 318 Å². The highest BCUT2D eigenvalue weighted by atomic mass is 16.5. The lowest BCUT2D eigenvalue weighted by molar-refractivity contribution is -0.175. The van der Waals surface area contributed by atoms with Gasteiger partial charge in [-0.1, -0.05) is 51.1 Å². The number of amides is 1. The van der Waals surface area contributed by atoms with Crippen molar-refractivity contribution in [3.8, 4) is 5.75 Å². The fourth-order valence-electron chi connectivity index (χ4n) is 12.2. The quantitative estimate of drug-likeness (QED) is 0.178. The summed E-state index contributed by atoms with van der Waals surface area (Å²) in [6.45, 7) is 10.1. The van der Waals surface area contributed by atoms with Gasteiger partial charge in [0.1, 0.15) is 11.7 Å². The molecule has 5 N–H and O–H groups in total. The number of nitrogens with zero attached hydrogens (tertiary/aromatic N) is 3. The van der Waals surface area contributed by atoms with E-state index >= 15 is 0 Å². The summed E-state index contributed by atoms with van der Waals surface area (Å²) < 4.78 is 11.8. The average Bonchev–Trinajstić information content (AvgIpc) is 3.82. The van der Waals surface area contributed by atoms with Gasteiger partial charge in [0.25, 0.3) is 5.91 Å². The number of carbonyl (C=O) groups excluding carboxylic acids is 2. The normalized spacial score (nSPS) is 33.7. The predicted octanol–water partition coefficient (Wildman–Crippen LogP) is 4.22. The Morgan fingerprint density at radius 1 is 1.07 bits per heavy atom. The van der Waals surface area contributed by atoms with Crippen molar-refractivity contribution < 1.29 is 29.3 Å². The number of nitrogens with two attached hydrogens (primary N) is 1. The monoisotopic (exact) mass is 739 g/mol. The molecule has 8 rings (SSSR count). The molecule has 1 unspecified atom stereocenters. The highest BCUT2D eigenvalue weighted by Crippen LogP contribution is 2.68. The number of fused-ring (bicyclic) bond motifs is 2. The molecular formula is C43H57N5O6. The summed E-state index contributed by atoms with van der Waals surface area (Å²) in [5, 5.41) is 25.0. The molecule has 1 aliphatic carbocycles. The van der Waals surface area contributed by atoms with Gasteiger partial charge in [0.2, 0.25) is 0 Å². The molecule has 3 fully saturated rings. The molecule has 11 heteroatoms. The Kier molecular flexibility index (Phi) is 8.99. The molecule has 5 heterocycles. The van der Waals surface area contributed by atoms with Crippen LogP contribution in [-0.2, 0) is 26.2 Å². The van der Waals surface area contributed by atoms with Gasteiger partial charge in [-0.2, -0.15) is 0 Å². The van der Waals surface area contributed by atoms with Crippen LogP contribution in [0.3, 0.4) is 0 Å². The van der Waals surface area contributed by atoms with Crippen molar-refractivity contribution >= 4 is 28.5 Å². The van der Waals surface area contributed by atoms with Crippen LogP contribution in [0.5, 0.6) is 5.75 Å². The van der Waals surface area contributed by atoms with Crippen LogP contribution in [0, 0.1) is 11.3 Å². The Morgan fingerprint density at radius 2 is 1.85 bits per heavy atom. The van der Waals surface area contributed by atoms with Crippen LogP contribution in [0.15, 0.2) is 48.6 Å². The number of hydrogen-bond donors (Lipinski definition) is 4. The average molecular weight is 740 g/mol. The SMILES string of the molecule is CC[C@]1(O)CCCN(CCc2c([C@@H](C(=O)OC)c3cc4c(cc3OC)N(C)[C@@H]3[C@]45CCN4CC=C[C@@](CC)(C(C)[C@]3(O)C(N)=O)[C@H]45)[nH]c3ccccc23)C1. The molecule has 2 saturated heterocycles. The van der Waals surface area contributed by atoms with E-state index in [1.807, 2.05) is 45.2 Å². The maximum atomic E-state index is 14.3. The zero-order chi connectivity index (χ0) is 38.4. The first-order chi connectivity index (χ1) is 25.8. The van der Waals surface area contributed by atoms with Crippen molar-refractivity contribution in [2.24, 2.45) is 17.1 Å². The molecule has 5 aliphatic rings. The molecule has 1 spiro atoms. The molecule has 4 aliphatic heterocycles. The first-order valence-electron chi connectivity index (χ1n) is 19.9. The molecule has 11 nitrogen and oxygen atoms in total. The molecule has 1 amide bonds. The Bertz CT molecular complexity index is 2010. The zero-order valence-electron chi connectivity index (χ0n) is 32.7. The fraction of sp³-hybridized carbons (Fsp3) is 0.581. The number of piperidine rings is 1. The third kappa shape index (κ3) is 4.93. The maximum absolute atomic E-state index is 14.3. The van der Waals surface area contributed by atoms with Crippen LogP contribution in [-0.4, -0.2) is 114 Å². The number of primary amides is 1. The largest absolute Gasteiger partial charge is 0.496 e. The number of methoxy groups -OCH3 is 2. The van der Waals surface area contributed by atoms with E-state index in [-0.39, 0.29) is 6.04 Å². The van der Waals surface area contributed by atoms with Crippen LogP contribution >= 0.6 is 0 Å². The van der Waals surface area contributed by atoms with Crippen LogP contribution in [0.2, 0.25) is 0 Å². The number of hydrogen-bond acceptors (Lipinski definition) is 9. The highest BCUT2D eigenvalue weighted by Gasteiger charge is 2.77. The highest BCUT2D eigenvalue weighted by molar-refractivity contribution is 5.92. The summed E-state index contributed by atoms with van der Waals surface area (Å²) in [6.07, 6.45) is 9.01. The van der Waals surface area contributed by atoms with Crippen molar-refractivity contribution in [1.82, 2.24) is 14.8 Å². The van der Waals surface area contributed by atoms with Gasteiger partial charge in [-0.05, 0) is 74.9 Å². The van der Waals surface area contributed by atoms with E-state index in [9.17, 15) is 19.8 Å². The minimum absolute atomic E-state index is 0.00362. The maximum Gasteiger partial charge on any atom is 0.319 e. The van der Waals surface area contributed by atoms with Crippen LogP contribution in [0.25, 0.3) is 10.9 Å². The topological polar surface area (TPSA) is 145 Å². The molecule has 2 aromatic carbocycles. The number of aromatic amines is 1. The number of aliphatic hydroxyl groups is 2. The summed E-state index contributed by atoms with van der Waals surface area (Å²) in [5.74, 6) is -1.91. The van der Waals surface area contributed by atoms with Gasteiger partial charge in [0, 0.05) is 83.4 Å². The number of carbonyl (C=O) groups is 2. The minimum Gasteiger partial charge on any atom is -0.496 e. The molecule has 54 heavy (non-hydrogen) atoms. The molecule has 0 radical (unpaired) electrons. The van der Waals surface area contributed by atoms with Crippen molar-refractivity contribution in [2.45, 2.75) is 93.9 Å². The lowest BCUT2D eigenvalue weighted by atomic mass is 9.45. The standard InChI is InChI=1S/C43H57N5O6/c1-7-40(51)16-11-19-47(25-40)21-15-28-27-13-9-10-14-31(27)45-35(28)34(36(49)54-6)29-23-30-32(24-33(29)53-5)46(4)38-42(30)18-22-48-20-12-17-41(8-2,37(42)48)26(3)43(38,52)39(44)50/h9-10,12-14,17,23-24,26,34,37-38,45,51-52H,7-8,11,15-16,18-22,25H2,1-6H3,(H2,44,50)/t26?,34-,37-,38+,40-,41-,42+,43+/m0/s1. The van der Waals surface area contributed by atoms with Crippen LogP contribution in [0.4, 0.5) is 5.69 Å². The Hall–Kier alpha value is -3.90. The number of ether oxygens (including phenoxy) is 2. The number of aromatic nitrogens is 1. The molecule has 3 aromatic rings. The number of esters is 1. The van der Waals surface area contributed by atoms with E-state index in [1.54, 1.807) is 7.11 Å². The molecular weight excluding hydrogens is 683 g/mol. The van der Waals surface area contributed by atoms with E-state index in [4.69, 9.17) is 15.2 Å². The second-order valence-corrected chi connectivity index (χ2v) is 16.8. The number of anilines is 1. The summed E-state index contributed by atoms with van der Waals surface area (Å²) in [4.78, 5) is 38.6. The Morgan fingerprint density at radius 3 is 2.56 bits per heavy atom. The zero-order valence-corrected chi connectivity index (χ0v) is 32.7. The van der Waals surface area contributed by atoms with Crippen LogP contribution in [0.1, 0.15) is 81.2 Å². The number of H-pyrrole nitrogens is 1. The van der Waals surface area contributed by atoms with Gasteiger partial charge >= 0.3 is 5.97 Å². The summed E-state index contributed by atoms with van der Waals surface area (Å²) in [7, 11) is 4.99. The summed E-state index contributed by atoms with van der Waals surface area (Å²) >= 11 is 0. The number of nitrogens with one attached hydrogen (secondary N) is 1. The van der Waals surface area contributed by atoms with Gasteiger partial charge in [0.15, 0.2) is 5.60 Å². The first-order valence-corrected chi connectivity index (χ1v) is 19.9. The summed E-state index contributed by atoms with van der Waals surface area (Å²) in [6, 6.07) is 11.6. The second kappa shape index (κ2) is 13.1. The van der Waals surface area contributed by atoms with Gasteiger partial charge in [-0.15, -0.1) is 0 Å². The van der Waals surface area contributed by atoms with E-state index in [0.29, 0.717) is 30.7 Å². The third-order valence-electron chi connectivity index (χ3n) is 14.8. The second-order valence-electron chi connectivity index (χ2n) is 16.8. The number of likely N-dealkylation sites (tertiary alicyclic amines) is 1. The predicted molar refractivity (Wildman–Crippen MR) is 209 cm³/mol. The van der Waals surface area contributed by atoms with Crippen molar-refractivity contribution in [3.63, 3.8) is 0 Å². The molecule has 290 valence electrons. The van der Waals surface area contributed by atoms with E-state index in [1.165, 1.54) is 7.11 Å². The number of para-hydroxylation sites is 1. The first kappa shape index (κ1) is 37.0. The van der Waals surface area contributed by atoms with E-state index < -0.39 is 51.8 Å². The molecule has 1 saturated carbocycles. The third-order valence-corrected chi connectivity index (χ3v) is 14.8. The Balaban J connectivity index is 1.31. The fourth-order valence-corrected chi connectivity index (χ4v) is 12.2. The lowest BCUT2D eigenvalue weighted by Crippen LogP contribution is -2.78. The van der Waals surface area contributed by atoms with E-state index in [2.05, 4.69) is 50.9 Å². The smallest absolute Gasteiger partial charge is 0.319 e. The van der Waals surface area contributed by atoms with Gasteiger partial charge < -0.3 is 40.2 Å². The number of likely N-dealkylation sites (N-methyl/N-ethyl adjacent to an activating group) is 1. The van der Waals surface area contributed by atoms with Gasteiger partial charge in [0.05, 0.1) is 25.9 Å². The molecule has 8 atom stereocenters. The number of β-amino-alcohol motifs (C(OH)–C–C–N with tert-alkyl or cyclic N) is 1. The van der Waals surface area contributed by atoms with Gasteiger partial charge in [-0.25, -0.2) is 0 Å². The number of rotatable bonds is 10. The lowest BCUT2D eigenvalue weighted by Gasteiger charge is -2.64. The van der Waals surface area contributed by atoms with Gasteiger partial charge in [-0.3, -0.25) is 14.5 Å². The molecule has 0 bridgehead atoms. The van der Waals surface area contributed by atoms with Crippen molar-refractivity contribution in [2.75, 3.05) is 58.9 Å². The minimum atomic E-state index is -1.84. The van der Waals surface area contributed by atoms with E-state index in [0.717, 1.165) is 85.3 Å². The van der Waals surface area contributed by atoms with Crippen molar-refractivity contribution in [3.05, 3.63) is 70.9 Å². The van der Waals surface area contributed by atoms with Crippen molar-refractivity contribution in [1.29, 1.82) is 0 Å². The molecule has 1 aromatic heterocycles. The summed E-state index contributed by atoms with van der Waals surface area (Å²) in [5.41, 5.74) is 7.82.